The van der Waals surface area contributed by atoms with Gasteiger partial charge in [0.25, 0.3) is 5.91 Å². The number of rotatable bonds is 11. The van der Waals surface area contributed by atoms with Crippen LogP contribution in [0.5, 0.6) is 0 Å². The standard InChI is InChI=1S/C38H44Cl2N6O5S/c1-44(2)22-25-17-27-18-29(39)9-11-34(27)46(23-25)38(49)33(19-28-21-42-32-6-4-3-5-30(28)32)43-36(47)12-7-24-13-15-45(16-14-24)37(48)26-8-10-31(40)35(20-26)52(41,50)51/h3-6,8-11,18,20-21,24-25,33,42H,7,12-17,19,22-23H2,1-2H3,(H,43,47)(H2,41,50,51)/t25-,33-/m1/s1. The van der Waals surface area contributed by atoms with Gasteiger partial charge in [-0.05, 0) is 105 Å². The molecule has 0 spiro atoms. The number of nitrogens with two attached hydrogens (primary N) is 1. The zero-order chi connectivity index (χ0) is 37.2. The Balaban J connectivity index is 1.13. The number of halogens is 2. The number of hydrogen-bond donors (Lipinski definition) is 3. The van der Waals surface area contributed by atoms with Crippen LogP contribution in [0.15, 0.2) is 71.8 Å². The van der Waals surface area contributed by atoms with E-state index in [9.17, 15) is 22.8 Å². The minimum atomic E-state index is -4.08. The van der Waals surface area contributed by atoms with Crippen molar-refractivity contribution in [3.8, 4) is 0 Å². The summed E-state index contributed by atoms with van der Waals surface area (Å²) in [5.74, 6) is -0.265. The van der Waals surface area contributed by atoms with E-state index >= 15 is 0 Å². The summed E-state index contributed by atoms with van der Waals surface area (Å²) in [7, 11) is -0.0418. The Morgan fingerprint density at radius 3 is 2.50 bits per heavy atom. The van der Waals surface area contributed by atoms with Crippen molar-refractivity contribution in [2.45, 2.75) is 49.5 Å². The number of primary sulfonamides is 1. The second kappa shape index (κ2) is 16.0. The predicted octanol–water partition coefficient (Wildman–Crippen LogP) is 5.25. The molecule has 52 heavy (non-hydrogen) atoms. The SMILES string of the molecule is CN(C)C[C@H]1Cc2cc(Cl)ccc2N(C(=O)[C@@H](Cc2c[nH]c3ccccc23)NC(=O)CCC2CCN(C(=O)c3ccc(Cl)c(S(N)(=O)=O)c3)CC2)C1. The second-order valence-electron chi connectivity index (χ2n) is 14.2. The fourth-order valence-corrected chi connectivity index (χ4v) is 8.80. The van der Waals surface area contributed by atoms with Crippen molar-refractivity contribution >= 4 is 67.5 Å². The van der Waals surface area contributed by atoms with Crippen LogP contribution in [-0.2, 0) is 32.5 Å². The lowest BCUT2D eigenvalue weighted by Crippen LogP contribution is -2.53. The van der Waals surface area contributed by atoms with Crippen molar-refractivity contribution in [1.82, 2.24) is 20.1 Å². The second-order valence-corrected chi connectivity index (χ2v) is 16.6. The monoisotopic (exact) mass is 766 g/mol. The number of aromatic amines is 1. The molecule has 14 heteroatoms. The summed E-state index contributed by atoms with van der Waals surface area (Å²) in [4.78, 5) is 50.0. The van der Waals surface area contributed by atoms with Gasteiger partial charge in [0.05, 0.1) is 5.02 Å². The maximum Gasteiger partial charge on any atom is 0.253 e. The lowest BCUT2D eigenvalue weighted by atomic mass is 9.90. The Morgan fingerprint density at radius 1 is 1.02 bits per heavy atom. The first-order valence-corrected chi connectivity index (χ1v) is 19.8. The molecule has 6 rings (SSSR count). The molecule has 1 saturated heterocycles. The van der Waals surface area contributed by atoms with Crippen molar-refractivity contribution in [3.05, 3.63) is 93.6 Å². The molecule has 3 amide bonds. The number of nitrogens with zero attached hydrogens (tertiary/aromatic N) is 3. The van der Waals surface area contributed by atoms with Crippen LogP contribution >= 0.6 is 23.2 Å². The Hall–Kier alpha value is -3.94. The molecule has 4 N–H and O–H groups in total. The van der Waals surface area contributed by atoms with E-state index in [1.807, 2.05) is 61.6 Å². The summed E-state index contributed by atoms with van der Waals surface area (Å²) >= 11 is 12.4. The topological polar surface area (TPSA) is 149 Å². The van der Waals surface area contributed by atoms with Gasteiger partial charge >= 0.3 is 0 Å². The summed E-state index contributed by atoms with van der Waals surface area (Å²) < 4.78 is 23.8. The zero-order valence-corrected chi connectivity index (χ0v) is 31.6. The number of para-hydroxylation sites is 1. The number of aromatic nitrogens is 1. The van der Waals surface area contributed by atoms with Gasteiger partial charge in [0.2, 0.25) is 21.8 Å². The van der Waals surface area contributed by atoms with Crippen molar-refractivity contribution in [1.29, 1.82) is 0 Å². The van der Waals surface area contributed by atoms with Gasteiger partial charge in [0, 0.05) is 72.4 Å². The van der Waals surface area contributed by atoms with Crippen LogP contribution < -0.4 is 15.4 Å². The van der Waals surface area contributed by atoms with Gasteiger partial charge in [-0.3, -0.25) is 14.4 Å². The summed E-state index contributed by atoms with van der Waals surface area (Å²) in [5, 5.41) is 9.96. The summed E-state index contributed by atoms with van der Waals surface area (Å²) in [6.45, 7) is 2.26. The van der Waals surface area contributed by atoms with Crippen molar-refractivity contribution < 1.29 is 22.8 Å². The third-order valence-corrected chi connectivity index (χ3v) is 11.7. The largest absolute Gasteiger partial charge is 0.361 e. The van der Waals surface area contributed by atoms with Crippen molar-refractivity contribution in [3.63, 3.8) is 0 Å². The molecule has 2 aliphatic rings. The maximum absolute atomic E-state index is 14.6. The molecule has 2 atom stereocenters. The highest BCUT2D eigenvalue weighted by Crippen LogP contribution is 2.33. The number of H-pyrrole nitrogens is 1. The highest BCUT2D eigenvalue weighted by Gasteiger charge is 2.34. The molecule has 3 aromatic carbocycles. The van der Waals surface area contributed by atoms with Gasteiger partial charge in [0.1, 0.15) is 10.9 Å². The number of sulfonamides is 1. The van der Waals surface area contributed by atoms with E-state index in [4.69, 9.17) is 28.3 Å². The van der Waals surface area contributed by atoms with Gasteiger partial charge in [-0.1, -0.05) is 41.4 Å². The van der Waals surface area contributed by atoms with Crippen LogP contribution in [-0.4, -0.2) is 87.2 Å². The Kier molecular flexibility index (Phi) is 11.6. The lowest BCUT2D eigenvalue weighted by Gasteiger charge is -2.37. The number of piperidine rings is 1. The summed E-state index contributed by atoms with van der Waals surface area (Å²) in [5.41, 5.74) is 3.95. The molecule has 11 nitrogen and oxygen atoms in total. The zero-order valence-electron chi connectivity index (χ0n) is 29.3. The van der Waals surface area contributed by atoms with Crippen molar-refractivity contribution in [2.75, 3.05) is 45.2 Å². The molecule has 1 aromatic heterocycles. The number of hydrogen-bond acceptors (Lipinski definition) is 6. The first-order chi connectivity index (χ1) is 24.8. The molecule has 0 radical (unpaired) electrons. The number of benzene rings is 3. The number of carbonyl (C=O) groups is 3. The highest BCUT2D eigenvalue weighted by molar-refractivity contribution is 7.89. The highest BCUT2D eigenvalue weighted by atomic mass is 35.5. The van der Waals surface area contributed by atoms with E-state index < -0.39 is 16.1 Å². The van der Waals surface area contributed by atoms with E-state index in [1.54, 1.807) is 11.0 Å². The van der Waals surface area contributed by atoms with Gasteiger partial charge in [0.15, 0.2) is 0 Å². The van der Waals surface area contributed by atoms with Crippen LogP contribution in [0.2, 0.25) is 10.0 Å². The molecular formula is C38H44Cl2N6O5S. The van der Waals surface area contributed by atoms with Crippen LogP contribution in [0.3, 0.4) is 0 Å². The van der Waals surface area contributed by atoms with Crippen LogP contribution in [0.4, 0.5) is 5.69 Å². The van der Waals surface area contributed by atoms with E-state index in [0.29, 0.717) is 50.3 Å². The van der Waals surface area contributed by atoms with E-state index in [2.05, 4.69) is 15.2 Å². The fraction of sp³-hybridized carbons (Fsp3) is 0.395. The fourth-order valence-electron chi connectivity index (χ4n) is 7.53. The third kappa shape index (κ3) is 8.80. The van der Waals surface area contributed by atoms with E-state index in [1.165, 1.54) is 18.2 Å². The average Bonchev–Trinajstić information content (AvgIpc) is 3.51. The van der Waals surface area contributed by atoms with Crippen molar-refractivity contribution in [2.24, 2.45) is 17.0 Å². The number of fused-ring (bicyclic) bond motifs is 2. The summed E-state index contributed by atoms with van der Waals surface area (Å²) in [6, 6.07) is 16.8. The van der Waals surface area contributed by atoms with E-state index in [0.717, 1.165) is 40.7 Å². The average molecular weight is 768 g/mol. The lowest BCUT2D eigenvalue weighted by molar-refractivity contribution is -0.127. The molecular weight excluding hydrogens is 723 g/mol. The number of anilines is 1. The van der Waals surface area contributed by atoms with Gasteiger partial charge in [-0.2, -0.15) is 0 Å². The van der Waals surface area contributed by atoms with Crippen LogP contribution in [0.1, 0.15) is 47.2 Å². The molecule has 0 saturated carbocycles. The minimum Gasteiger partial charge on any atom is -0.361 e. The minimum absolute atomic E-state index is 0.0411. The van der Waals surface area contributed by atoms with Gasteiger partial charge in [-0.15, -0.1) is 0 Å². The smallest absolute Gasteiger partial charge is 0.253 e. The normalized spacial score (nSPS) is 17.3. The number of likely N-dealkylation sites (tertiary alicyclic amines) is 1. The number of nitrogens with one attached hydrogen (secondary N) is 2. The number of carbonyl (C=O) groups excluding carboxylic acids is 3. The molecule has 3 heterocycles. The first-order valence-electron chi connectivity index (χ1n) is 17.5. The van der Waals surface area contributed by atoms with Crippen LogP contribution in [0, 0.1) is 11.8 Å². The Labute approximate surface area is 314 Å². The van der Waals surface area contributed by atoms with Crippen LogP contribution in [0.25, 0.3) is 10.9 Å². The maximum atomic E-state index is 14.6. The molecule has 0 bridgehead atoms. The Bertz CT molecular complexity index is 2080. The van der Waals surface area contributed by atoms with Gasteiger partial charge < -0.3 is 25.0 Å². The summed E-state index contributed by atoms with van der Waals surface area (Å²) in [6.07, 6.45) is 5.25. The molecule has 4 aromatic rings. The quantitative estimate of drug-likeness (QED) is 0.190. The molecule has 0 aliphatic carbocycles. The molecule has 276 valence electrons. The number of amides is 3. The Morgan fingerprint density at radius 2 is 1.77 bits per heavy atom. The third-order valence-electron chi connectivity index (χ3n) is 10.1. The molecule has 0 unspecified atom stereocenters. The van der Waals surface area contributed by atoms with Gasteiger partial charge in [-0.25, -0.2) is 13.6 Å². The predicted molar refractivity (Wildman–Crippen MR) is 204 cm³/mol. The molecule has 1 fully saturated rings. The first kappa shape index (κ1) is 37.8. The molecule has 2 aliphatic heterocycles. The van der Waals surface area contributed by atoms with E-state index in [-0.39, 0.29) is 51.5 Å².